The van der Waals surface area contributed by atoms with E-state index >= 15 is 0 Å². The maximum Gasteiger partial charge on any atom is 0.332 e. The summed E-state index contributed by atoms with van der Waals surface area (Å²) >= 11 is 0. The maximum atomic E-state index is 12.3. The smallest absolute Gasteiger partial charge is 0.332 e. The summed E-state index contributed by atoms with van der Waals surface area (Å²) in [5.41, 5.74) is 6.38. The number of carbonyl (C=O) groups is 2. The molecule has 0 spiro atoms. The summed E-state index contributed by atoms with van der Waals surface area (Å²) in [7, 11) is 0. The minimum atomic E-state index is -1.55. The van der Waals surface area contributed by atoms with E-state index in [1.807, 2.05) is 6.92 Å². The first kappa shape index (κ1) is 34.4. The van der Waals surface area contributed by atoms with Crippen LogP contribution in [0.25, 0.3) is 0 Å². The molecule has 248 valence electrons. The van der Waals surface area contributed by atoms with Crippen molar-refractivity contribution in [3.63, 3.8) is 0 Å². The molecular weight excluding hydrogens is 572 g/mol. The molecule has 15 atom stereocenters. The van der Waals surface area contributed by atoms with Crippen molar-refractivity contribution >= 4 is 11.9 Å². The van der Waals surface area contributed by atoms with Gasteiger partial charge in [-0.3, -0.25) is 4.79 Å². The van der Waals surface area contributed by atoms with Gasteiger partial charge in [0.1, 0.15) is 42.7 Å². The summed E-state index contributed by atoms with van der Waals surface area (Å²) in [6, 6.07) is -1.49. The molecule has 0 aromatic carbocycles. The van der Waals surface area contributed by atoms with Crippen LogP contribution in [-0.4, -0.2) is 135 Å². The zero-order valence-electron chi connectivity index (χ0n) is 24.8. The highest BCUT2D eigenvalue weighted by molar-refractivity contribution is 5.73. The Morgan fingerprint density at radius 1 is 0.977 bits per heavy atom. The van der Waals surface area contributed by atoms with Crippen molar-refractivity contribution in [3.05, 3.63) is 0 Å². The van der Waals surface area contributed by atoms with Crippen molar-refractivity contribution in [2.75, 3.05) is 6.61 Å². The SMILES string of the molecule is CCC1CC(N)CC(OC2OC(CO)C(O)C(O[C@@H](CC3CC3)C(=O)O)C2NC(C)=O)C1OC1OC(C)C(O)C(O)C1O. The molecule has 15 heteroatoms. The fourth-order valence-corrected chi connectivity index (χ4v) is 6.33. The number of carbonyl (C=O) groups excluding carboxylic acids is 1. The van der Waals surface area contributed by atoms with Gasteiger partial charge in [0.2, 0.25) is 5.91 Å². The summed E-state index contributed by atoms with van der Waals surface area (Å²) in [6.45, 7) is 4.08. The first-order valence-corrected chi connectivity index (χ1v) is 15.2. The molecule has 0 bridgehead atoms. The van der Waals surface area contributed by atoms with Gasteiger partial charge in [-0.2, -0.15) is 0 Å². The van der Waals surface area contributed by atoms with Crippen molar-refractivity contribution in [3.8, 4) is 0 Å². The van der Waals surface area contributed by atoms with Crippen LogP contribution in [-0.2, 0) is 33.3 Å². The standard InChI is InChI=1S/C28H48N2O13/c1-4-14-8-15(29)9-16(24(14)43-28-23(36)22(35)20(33)11(2)39-28)41-27-19(30-12(3)32)25(21(34)18(10-31)42-27)40-17(26(37)38)7-13-5-6-13/h11,13-25,27-28,31,33-36H,4-10,29H2,1-3H3,(H,30,32)(H,37,38)/t11?,14?,15?,16?,17-,18?,19?,20?,21?,22?,23?,24?,25?,27?,28?/m0/s1. The average Bonchev–Trinajstić information content (AvgIpc) is 3.78. The lowest BCUT2D eigenvalue weighted by Gasteiger charge is -2.49. The summed E-state index contributed by atoms with van der Waals surface area (Å²) in [5.74, 6) is -1.73. The zero-order chi connectivity index (χ0) is 31.6. The van der Waals surface area contributed by atoms with Gasteiger partial charge in [-0.05, 0) is 38.0 Å². The van der Waals surface area contributed by atoms with Crippen LogP contribution in [0.2, 0.25) is 0 Å². The van der Waals surface area contributed by atoms with Gasteiger partial charge in [-0.1, -0.05) is 26.2 Å². The normalized spacial score (nSPS) is 44.5. The molecule has 1 amide bonds. The molecule has 0 aromatic rings. The predicted octanol–water partition coefficient (Wildman–Crippen LogP) is -2.05. The highest BCUT2D eigenvalue weighted by Gasteiger charge is 2.52. The van der Waals surface area contributed by atoms with Gasteiger partial charge in [-0.15, -0.1) is 0 Å². The highest BCUT2D eigenvalue weighted by Crippen LogP contribution is 2.38. The number of nitrogens with one attached hydrogen (secondary N) is 1. The number of hydrogen-bond acceptors (Lipinski definition) is 13. The Morgan fingerprint density at radius 3 is 2.26 bits per heavy atom. The summed E-state index contributed by atoms with van der Waals surface area (Å²) < 4.78 is 30.2. The Hall–Kier alpha value is -1.50. The Labute approximate surface area is 250 Å². The molecular formula is C28H48N2O13. The third-order valence-electron chi connectivity index (χ3n) is 8.97. The molecule has 0 radical (unpaired) electrons. The highest BCUT2D eigenvalue weighted by atomic mass is 16.7. The minimum Gasteiger partial charge on any atom is -0.479 e. The number of aliphatic carboxylic acids is 1. The van der Waals surface area contributed by atoms with Crippen molar-refractivity contribution in [1.82, 2.24) is 5.32 Å². The van der Waals surface area contributed by atoms with Crippen LogP contribution in [0, 0.1) is 11.8 Å². The molecule has 2 heterocycles. The fourth-order valence-electron chi connectivity index (χ4n) is 6.33. The quantitative estimate of drug-likeness (QED) is 0.117. The van der Waals surface area contributed by atoms with Crippen molar-refractivity contribution in [2.24, 2.45) is 17.6 Å². The number of carboxylic acids is 1. The Kier molecular flexibility index (Phi) is 11.8. The number of ether oxygens (including phenoxy) is 5. The predicted molar refractivity (Wildman–Crippen MR) is 146 cm³/mol. The second-order valence-electron chi connectivity index (χ2n) is 12.4. The first-order chi connectivity index (χ1) is 20.3. The van der Waals surface area contributed by atoms with E-state index in [9.17, 15) is 40.2 Å². The lowest BCUT2D eigenvalue weighted by molar-refractivity contribution is -0.337. The van der Waals surface area contributed by atoms with Crippen LogP contribution in [0.5, 0.6) is 0 Å². The van der Waals surface area contributed by atoms with Crippen molar-refractivity contribution < 1.29 is 63.9 Å². The first-order valence-electron chi connectivity index (χ1n) is 15.2. The summed E-state index contributed by atoms with van der Waals surface area (Å²) in [6.07, 6.45) is -11.3. The third-order valence-corrected chi connectivity index (χ3v) is 8.97. The zero-order valence-corrected chi connectivity index (χ0v) is 24.8. The van der Waals surface area contributed by atoms with E-state index in [-0.39, 0.29) is 30.7 Å². The molecule has 9 N–H and O–H groups in total. The number of amides is 1. The van der Waals surface area contributed by atoms with Crippen LogP contribution in [0.4, 0.5) is 0 Å². The molecule has 0 aromatic heterocycles. The van der Waals surface area contributed by atoms with Gasteiger partial charge in [0, 0.05) is 13.0 Å². The van der Waals surface area contributed by atoms with E-state index in [2.05, 4.69) is 5.32 Å². The van der Waals surface area contributed by atoms with Gasteiger partial charge in [0.25, 0.3) is 0 Å². The second-order valence-corrected chi connectivity index (χ2v) is 12.4. The van der Waals surface area contributed by atoms with Gasteiger partial charge >= 0.3 is 5.97 Å². The molecule has 2 saturated carbocycles. The van der Waals surface area contributed by atoms with Gasteiger partial charge in [-0.25, -0.2) is 4.79 Å². The van der Waals surface area contributed by atoms with Gasteiger partial charge in [0.15, 0.2) is 18.7 Å². The van der Waals surface area contributed by atoms with Crippen LogP contribution >= 0.6 is 0 Å². The van der Waals surface area contributed by atoms with Gasteiger partial charge < -0.3 is 65.4 Å². The number of aliphatic hydroxyl groups is 5. The Bertz CT molecular complexity index is 940. The van der Waals surface area contributed by atoms with E-state index in [0.29, 0.717) is 12.8 Å². The molecule has 2 aliphatic carbocycles. The number of hydrogen-bond donors (Lipinski definition) is 8. The fraction of sp³-hybridized carbons (Fsp3) is 0.929. The number of aliphatic hydroxyl groups excluding tert-OH is 5. The lowest BCUT2D eigenvalue weighted by Crippen LogP contribution is -2.67. The monoisotopic (exact) mass is 620 g/mol. The second kappa shape index (κ2) is 14.7. The third kappa shape index (κ3) is 8.21. The molecule has 43 heavy (non-hydrogen) atoms. The number of carboxylic acid groups (broad SMARTS) is 1. The largest absolute Gasteiger partial charge is 0.479 e. The molecule has 4 aliphatic rings. The molecule has 2 aliphatic heterocycles. The van der Waals surface area contributed by atoms with Crippen LogP contribution in [0.15, 0.2) is 0 Å². The summed E-state index contributed by atoms with van der Waals surface area (Å²) in [5, 5.41) is 64.7. The molecule has 4 fully saturated rings. The topological polar surface area (TPSA) is 240 Å². The Balaban J connectivity index is 1.60. The van der Waals surface area contributed by atoms with E-state index in [4.69, 9.17) is 29.4 Å². The number of nitrogens with two attached hydrogens (primary N) is 1. The van der Waals surface area contributed by atoms with E-state index in [1.165, 1.54) is 6.92 Å². The van der Waals surface area contributed by atoms with Crippen LogP contribution in [0.1, 0.15) is 59.3 Å². The van der Waals surface area contributed by atoms with Crippen molar-refractivity contribution in [1.29, 1.82) is 0 Å². The maximum absolute atomic E-state index is 12.3. The van der Waals surface area contributed by atoms with Gasteiger partial charge in [0.05, 0.1) is 24.9 Å². The van der Waals surface area contributed by atoms with Crippen LogP contribution in [0.3, 0.4) is 0 Å². The lowest BCUT2D eigenvalue weighted by atomic mass is 9.80. The minimum absolute atomic E-state index is 0.185. The van der Waals surface area contributed by atoms with Crippen molar-refractivity contribution in [2.45, 2.75) is 145 Å². The average molecular weight is 621 g/mol. The summed E-state index contributed by atoms with van der Waals surface area (Å²) in [4.78, 5) is 24.4. The molecule has 14 unspecified atom stereocenters. The molecule has 15 nitrogen and oxygen atoms in total. The van der Waals surface area contributed by atoms with E-state index in [1.54, 1.807) is 6.92 Å². The molecule has 4 rings (SSSR count). The Morgan fingerprint density at radius 2 is 1.67 bits per heavy atom. The van der Waals surface area contributed by atoms with E-state index < -0.39 is 98.1 Å². The van der Waals surface area contributed by atoms with E-state index in [0.717, 1.165) is 12.8 Å². The van der Waals surface area contributed by atoms with Crippen LogP contribution < -0.4 is 11.1 Å². The molecule has 2 saturated heterocycles. The number of rotatable bonds is 12.